The van der Waals surface area contributed by atoms with Crippen molar-refractivity contribution in [3.8, 4) is 22.3 Å². The lowest BCUT2D eigenvalue weighted by atomic mass is 9.93. The third kappa shape index (κ3) is 2.57. The molecule has 3 aromatic rings. The molecule has 0 aromatic heterocycles. The molecule has 3 rings (SSSR count). The van der Waals surface area contributed by atoms with Crippen molar-refractivity contribution >= 4 is 0 Å². The van der Waals surface area contributed by atoms with Gasteiger partial charge in [0.2, 0.25) is 0 Å². The fourth-order valence-electron chi connectivity index (χ4n) is 2.96. The molecule has 0 atom stereocenters. The SMILES string of the molecule is Cc1cccc(-c2ccc(-c3cccc(C)c3C)cc2)c1C. The van der Waals surface area contributed by atoms with Gasteiger partial charge in [0.15, 0.2) is 0 Å². The highest BCUT2D eigenvalue weighted by atomic mass is 14.1. The van der Waals surface area contributed by atoms with Gasteiger partial charge in [-0.25, -0.2) is 0 Å². The number of hydrogen-bond acceptors (Lipinski definition) is 0. The van der Waals surface area contributed by atoms with Gasteiger partial charge in [0.1, 0.15) is 0 Å². The summed E-state index contributed by atoms with van der Waals surface area (Å²) in [5.74, 6) is 0. The second-order valence-corrected chi connectivity index (χ2v) is 6.07. The molecule has 0 amide bonds. The Morgan fingerprint density at radius 2 is 0.818 bits per heavy atom. The average molecular weight is 286 g/mol. The predicted molar refractivity (Wildman–Crippen MR) is 96.3 cm³/mol. The van der Waals surface area contributed by atoms with Gasteiger partial charge in [-0.3, -0.25) is 0 Å². The first-order valence-electron chi connectivity index (χ1n) is 7.81. The maximum Gasteiger partial charge on any atom is -0.0152 e. The van der Waals surface area contributed by atoms with Crippen LogP contribution in [0.2, 0.25) is 0 Å². The highest BCUT2D eigenvalue weighted by Crippen LogP contribution is 2.30. The largest absolute Gasteiger partial charge is 0.0614 e. The van der Waals surface area contributed by atoms with E-state index in [-0.39, 0.29) is 0 Å². The summed E-state index contributed by atoms with van der Waals surface area (Å²) in [7, 11) is 0. The molecule has 0 heterocycles. The molecular weight excluding hydrogens is 264 g/mol. The lowest BCUT2D eigenvalue weighted by molar-refractivity contribution is 1.33. The Kier molecular flexibility index (Phi) is 3.85. The van der Waals surface area contributed by atoms with Crippen LogP contribution in [0.3, 0.4) is 0 Å². The second-order valence-electron chi connectivity index (χ2n) is 6.07. The molecule has 0 aliphatic carbocycles. The fourth-order valence-corrected chi connectivity index (χ4v) is 2.96. The fraction of sp³-hybridized carbons (Fsp3) is 0.182. The Balaban J connectivity index is 2.03. The lowest BCUT2D eigenvalue weighted by Crippen LogP contribution is -1.89. The van der Waals surface area contributed by atoms with E-state index < -0.39 is 0 Å². The van der Waals surface area contributed by atoms with E-state index in [1.165, 1.54) is 44.5 Å². The molecule has 0 saturated carbocycles. The molecule has 0 aliphatic rings. The van der Waals surface area contributed by atoms with Crippen molar-refractivity contribution < 1.29 is 0 Å². The van der Waals surface area contributed by atoms with Gasteiger partial charge in [-0.2, -0.15) is 0 Å². The molecule has 0 nitrogen and oxygen atoms in total. The molecule has 0 bridgehead atoms. The van der Waals surface area contributed by atoms with Crippen LogP contribution in [0.15, 0.2) is 60.7 Å². The molecule has 0 aliphatic heterocycles. The van der Waals surface area contributed by atoms with E-state index in [9.17, 15) is 0 Å². The molecule has 0 spiro atoms. The minimum Gasteiger partial charge on any atom is -0.0614 e. The van der Waals surface area contributed by atoms with Gasteiger partial charge >= 0.3 is 0 Å². The van der Waals surface area contributed by atoms with Crippen molar-refractivity contribution in [1.82, 2.24) is 0 Å². The Bertz CT molecular complexity index is 737. The van der Waals surface area contributed by atoms with E-state index in [2.05, 4.69) is 88.4 Å². The van der Waals surface area contributed by atoms with Crippen LogP contribution in [0.5, 0.6) is 0 Å². The van der Waals surface area contributed by atoms with Gasteiger partial charge in [0.05, 0.1) is 0 Å². The number of benzene rings is 3. The summed E-state index contributed by atoms with van der Waals surface area (Å²) in [6.45, 7) is 8.74. The number of rotatable bonds is 2. The van der Waals surface area contributed by atoms with Crippen molar-refractivity contribution in [1.29, 1.82) is 0 Å². The highest BCUT2D eigenvalue weighted by molar-refractivity contribution is 5.74. The maximum atomic E-state index is 2.24. The summed E-state index contributed by atoms with van der Waals surface area (Å²) in [6.07, 6.45) is 0. The van der Waals surface area contributed by atoms with Gasteiger partial charge in [0, 0.05) is 0 Å². The summed E-state index contributed by atoms with van der Waals surface area (Å²) in [5, 5.41) is 0. The zero-order valence-corrected chi connectivity index (χ0v) is 13.8. The average Bonchev–Trinajstić information content (AvgIpc) is 2.53. The summed E-state index contributed by atoms with van der Waals surface area (Å²) in [6, 6.07) is 22.0. The van der Waals surface area contributed by atoms with E-state index in [1.54, 1.807) is 0 Å². The van der Waals surface area contributed by atoms with E-state index in [4.69, 9.17) is 0 Å². The Hall–Kier alpha value is -2.34. The van der Waals surface area contributed by atoms with E-state index >= 15 is 0 Å². The molecule has 0 unspecified atom stereocenters. The van der Waals surface area contributed by atoms with Crippen LogP contribution in [0.25, 0.3) is 22.3 Å². The number of aryl methyl sites for hydroxylation is 2. The summed E-state index contributed by atoms with van der Waals surface area (Å²) in [4.78, 5) is 0. The van der Waals surface area contributed by atoms with Crippen LogP contribution in [-0.4, -0.2) is 0 Å². The zero-order valence-electron chi connectivity index (χ0n) is 13.8. The van der Waals surface area contributed by atoms with E-state index in [0.717, 1.165) is 0 Å². The van der Waals surface area contributed by atoms with Crippen LogP contribution in [0.4, 0.5) is 0 Å². The van der Waals surface area contributed by atoms with Gasteiger partial charge in [-0.05, 0) is 72.2 Å². The van der Waals surface area contributed by atoms with Crippen LogP contribution in [0.1, 0.15) is 22.3 Å². The van der Waals surface area contributed by atoms with Crippen LogP contribution in [-0.2, 0) is 0 Å². The van der Waals surface area contributed by atoms with Crippen molar-refractivity contribution in [2.75, 3.05) is 0 Å². The van der Waals surface area contributed by atoms with Gasteiger partial charge in [0.25, 0.3) is 0 Å². The van der Waals surface area contributed by atoms with Crippen molar-refractivity contribution in [3.05, 3.63) is 82.9 Å². The smallest absolute Gasteiger partial charge is 0.0152 e. The van der Waals surface area contributed by atoms with E-state index in [1.807, 2.05) is 0 Å². The van der Waals surface area contributed by atoms with Crippen molar-refractivity contribution in [2.45, 2.75) is 27.7 Å². The summed E-state index contributed by atoms with van der Waals surface area (Å²) >= 11 is 0. The molecule has 0 saturated heterocycles. The highest BCUT2D eigenvalue weighted by Gasteiger charge is 2.06. The molecular formula is C22H22. The van der Waals surface area contributed by atoms with Crippen molar-refractivity contribution in [2.24, 2.45) is 0 Å². The van der Waals surface area contributed by atoms with Gasteiger partial charge in [-0.15, -0.1) is 0 Å². The normalized spacial score (nSPS) is 10.7. The van der Waals surface area contributed by atoms with E-state index in [0.29, 0.717) is 0 Å². The molecule has 0 N–H and O–H groups in total. The van der Waals surface area contributed by atoms with Gasteiger partial charge < -0.3 is 0 Å². The first-order valence-corrected chi connectivity index (χ1v) is 7.81. The maximum absolute atomic E-state index is 2.24. The Morgan fingerprint density at radius 3 is 1.18 bits per heavy atom. The van der Waals surface area contributed by atoms with Crippen LogP contribution >= 0.6 is 0 Å². The molecule has 0 fully saturated rings. The quantitative estimate of drug-likeness (QED) is 0.522. The Labute approximate surface area is 133 Å². The summed E-state index contributed by atoms with van der Waals surface area (Å²) in [5.41, 5.74) is 10.6. The third-order valence-corrected chi connectivity index (χ3v) is 4.72. The van der Waals surface area contributed by atoms with Gasteiger partial charge in [-0.1, -0.05) is 60.7 Å². The zero-order chi connectivity index (χ0) is 15.7. The van der Waals surface area contributed by atoms with Crippen LogP contribution < -0.4 is 0 Å². The second kappa shape index (κ2) is 5.81. The first kappa shape index (κ1) is 14.6. The predicted octanol–water partition coefficient (Wildman–Crippen LogP) is 6.25. The lowest BCUT2D eigenvalue weighted by Gasteiger charge is -2.12. The topological polar surface area (TPSA) is 0 Å². The minimum absolute atomic E-state index is 1.29. The molecule has 110 valence electrons. The molecule has 3 aromatic carbocycles. The first-order chi connectivity index (χ1) is 10.6. The summed E-state index contributed by atoms with van der Waals surface area (Å²) < 4.78 is 0. The van der Waals surface area contributed by atoms with Crippen molar-refractivity contribution in [3.63, 3.8) is 0 Å². The molecule has 22 heavy (non-hydrogen) atoms. The third-order valence-electron chi connectivity index (χ3n) is 4.72. The van der Waals surface area contributed by atoms with Crippen LogP contribution in [0, 0.1) is 27.7 Å². The molecule has 0 heteroatoms. The monoisotopic (exact) mass is 286 g/mol. The molecule has 0 radical (unpaired) electrons. The minimum atomic E-state index is 1.29. The Morgan fingerprint density at radius 1 is 0.455 bits per heavy atom. The standard InChI is InChI=1S/C22H22/c1-15-7-5-9-21(17(15)3)19-11-13-20(14-12-19)22-10-6-8-16(2)18(22)4/h5-14H,1-4H3. The number of hydrogen-bond donors (Lipinski definition) is 0.